The monoisotopic (exact) mass is 328 g/mol. The molecule has 0 bridgehead atoms. The SMILES string of the molecule is CCOc1ccc(C(CO)N2CCNCC2)cc1Br. The van der Waals surface area contributed by atoms with Crippen molar-refractivity contribution in [3.05, 3.63) is 28.2 Å². The molecule has 5 heteroatoms. The highest BCUT2D eigenvalue weighted by Gasteiger charge is 2.22. The van der Waals surface area contributed by atoms with Crippen molar-refractivity contribution in [2.45, 2.75) is 13.0 Å². The Morgan fingerprint density at radius 1 is 1.42 bits per heavy atom. The lowest BCUT2D eigenvalue weighted by molar-refractivity contribution is 0.110. The van der Waals surface area contributed by atoms with Gasteiger partial charge in [0.25, 0.3) is 0 Å². The number of rotatable bonds is 5. The first-order valence-corrected chi connectivity index (χ1v) is 7.53. The van der Waals surface area contributed by atoms with Gasteiger partial charge in [-0.25, -0.2) is 0 Å². The molecule has 1 saturated heterocycles. The van der Waals surface area contributed by atoms with E-state index in [-0.39, 0.29) is 12.6 Å². The number of hydrogen-bond donors (Lipinski definition) is 2. The number of ether oxygens (including phenoxy) is 1. The first-order chi connectivity index (χ1) is 9.26. The van der Waals surface area contributed by atoms with E-state index in [0.29, 0.717) is 6.61 Å². The molecule has 4 nitrogen and oxygen atoms in total. The topological polar surface area (TPSA) is 44.7 Å². The number of aliphatic hydroxyl groups excluding tert-OH is 1. The minimum Gasteiger partial charge on any atom is -0.493 e. The van der Waals surface area contributed by atoms with Crippen molar-refractivity contribution in [1.82, 2.24) is 10.2 Å². The third-order valence-corrected chi connectivity index (χ3v) is 4.03. The first-order valence-electron chi connectivity index (χ1n) is 6.74. The Morgan fingerprint density at radius 3 is 2.74 bits per heavy atom. The molecule has 2 N–H and O–H groups in total. The molecule has 0 aromatic heterocycles. The van der Waals surface area contributed by atoms with Gasteiger partial charge in [-0.3, -0.25) is 4.90 Å². The van der Waals surface area contributed by atoms with Crippen LogP contribution in [0.5, 0.6) is 5.75 Å². The van der Waals surface area contributed by atoms with E-state index in [9.17, 15) is 5.11 Å². The zero-order chi connectivity index (χ0) is 13.7. The van der Waals surface area contributed by atoms with Gasteiger partial charge in [-0.05, 0) is 40.5 Å². The summed E-state index contributed by atoms with van der Waals surface area (Å²) in [4.78, 5) is 2.32. The lowest BCUT2D eigenvalue weighted by Crippen LogP contribution is -2.46. The number of aliphatic hydroxyl groups is 1. The maximum atomic E-state index is 9.69. The molecule has 1 aliphatic heterocycles. The van der Waals surface area contributed by atoms with E-state index in [2.05, 4.69) is 26.1 Å². The predicted molar refractivity (Wildman–Crippen MR) is 79.6 cm³/mol. The van der Waals surface area contributed by atoms with Gasteiger partial charge in [-0.1, -0.05) is 6.07 Å². The molecule has 1 unspecified atom stereocenters. The van der Waals surface area contributed by atoms with Gasteiger partial charge in [0.15, 0.2) is 0 Å². The number of piperazine rings is 1. The summed E-state index contributed by atoms with van der Waals surface area (Å²) in [6.07, 6.45) is 0. The van der Waals surface area contributed by atoms with E-state index < -0.39 is 0 Å². The van der Waals surface area contributed by atoms with Gasteiger partial charge in [0.05, 0.1) is 23.7 Å². The van der Waals surface area contributed by atoms with Crippen LogP contribution in [0.25, 0.3) is 0 Å². The minimum atomic E-state index is 0.0640. The van der Waals surface area contributed by atoms with Crippen LogP contribution >= 0.6 is 15.9 Å². The second kappa shape index (κ2) is 7.24. The zero-order valence-electron chi connectivity index (χ0n) is 11.2. The Balaban J connectivity index is 2.15. The summed E-state index contributed by atoms with van der Waals surface area (Å²) in [7, 11) is 0. The molecular weight excluding hydrogens is 308 g/mol. The van der Waals surface area contributed by atoms with Gasteiger partial charge in [-0.2, -0.15) is 0 Å². The largest absolute Gasteiger partial charge is 0.493 e. The molecule has 0 radical (unpaired) electrons. The Hall–Kier alpha value is -0.620. The average molecular weight is 329 g/mol. The fourth-order valence-electron chi connectivity index (χ4n) is 2.42. The van der Waals surface area contributed by atoms with Crippen LogP contribution in [0.4, 0.5) is 0 Å². The van der Waals surface area contributed by atoms with Gasteiger partial charge in [0, 0.05) is 26.2 Å². The number of nitrogens with one attached hydrogen (secondary N) is 1. The second-order valence-electron chi connectivity index (χ2n) is 4.61. The third-order valence-electron chi connectivity index (χ3n) is 3.41. The molecule has 1 fully saturated rings. The van der Waals surface area contributed by atoms with Crippen LogP contribution in [0.2, 0.25) is 0 Å². The molecule has 0 amide bonds. The van der Waals surface area contributed by atoms with Crippen molar-refractivity contribution in [3.8, 4) is 5.75 Å². The van der Waals surface area contributed by atoms with Crippen molar-refractivity contribution in [2.75, 3.05) is 39.4 Å². The molecule has 1 heterocycles. The lowest BCUT2D eigenvalue weighted by Gasteiger charge is -2.34. The van der Waals surface area contributed by atoms with Gasteiger partial charge in [0.1, 0.15) is 5.75 Å². The van der Waals surface area contributed by atoms with Crippen LogP contribution < -0.4 is 10.1 Å². The standard InChI is InChI=1S/C14H21BrN2O2/c1-2-19-14-4-3-11(9-12(14)15)13(10-18)17-7-5-16-6-8-17/h3-4,9,13,16,18H,2,5-8,10H2,1H3. The van der Waals surface area contributed by atoms with E-state index in [1.807, 2.05) is 25.1 Å². The van der Waals surface area contributed by atoms with E-state index >= 15 is 0 Å². The molecule has 0 aliphatic carbocycles. The highest BCUT2D eigenvalue weighted by molar-refractivity contribution is 9.10. The lowest BCUT2D eigenvalue weighted by atomic mass is 10.1. The summed E-state index contributed by atoms with van der Waals surface area (Å²) < 4.78 is 6.46. The van der Waals surface area contributed by atoms with E-state index in [1.165, 1.54) is 0 Å². The predicted octanol–water partition coefficient (Wildman–Crippen LogP) is 1.79. The second-order valence-corrected chi connectivity index (χ2v) is 5.46. The Kier molecular flexibility index (Phi) is 5.63. The molecule has 0 spiro atoms. The van der Waals surface area contributed by atoms with Crippen LogP contribution in [0.3, 0.4) is 0 Å². The minimum absolute atomic E-state index is 0.0640. The molecule has 1 aromatic carbocycles. The van der Waals surface area contributed by atoms with Crippen molar-refractivity contribution in [2.24, 2.45) is 0 Å². The van der Waals surface area contributed by atoms with Crippen molar-refractivity contribution >= 4 is 15.9 Å². The Bertz CT molecular complexity index is 408. The Labute approximate surface area is 122 Å². The number of halogens is 1. The average Bonchev–Trinajstić information content (AvgIpc) is 2.44. The Morgan fingerprint density at radius 2 is 2.16 bits per heavy atom. The van der Waals surface area contributed by atoms with Gasteiger partial charge in [0.2, 0.25) is 0 Å². The summed E-state index contributed by atoms with van der Waals surface area (Å²) in [5.41, 5.74) is 1.12. The van der Waals surface area contributed by atoms with Crippen LogP contribution in [-0.4, -0.2) is 49.4 Å². The van der Waals surface area contributed by atoms with E-state index in [1.54, 1.807) is 0 Å². The van der Waals surface area contributed by atoms with E-state index in [4.69, 9.17) is 4.74 Å². The van der Waals surface area contributed by atoms with Gasteiger partial charge in [-0.15, -0.1) is 0 Å². The van der Waals surface area contributed by atoms with E-state index in [0.717, 1.165) is 42.0 Å². The molecular formula is C14H21BrN2O2. The number of nitrogens with zero attached hydrogens (tertiary/aromatic N) is 1. The molecule has 106 valence electrons. The van der Waals surface area contributed by atoms with Crippen LogP contribution in [0.1, 0.15) is 18.5 Å². The summed E-state index contributed by atoms with van der Waals surface area (Å²) in [5.74, 6) is 0.850. The normalized spacial score (nSPS) is 18.3. The molecule has 1 atom stereocenters. The maximum Gasteiger partial charge on any atom is 0.133 e. The summed E-state index contributed by atoms with van der Waals surface area (Å²) in [6.45, 7) is 6.66. The number of benzene rings is 1. The summed E-state index contributed by atoms with van der Waals surface area (Å²) >= 11 is 3.53. The van der Waals surface area contributed by atoms with Gasteiger partial charge < -0.3 is 15.2 Å². The van der Waals surface area contributed by atoms with Crippen LogP contribution in [-0.2, 0) is 0 Å². The van der Waals surface area contributed by atoms with Crippen molar-refractivity contribution in [1.29, 1.82) is 0 Å². The summed E-state index contributed by atoms with van der Waals surface area (Å²) in [6, 6.07) is 6.12. The first kappa shape index (κ1) is 14.8. The molecule has 1 aromatic rings. The summed E-state index contributed by atoms with van der Waals surface area (Å²) in [5, 5.41) is 13.0. The smallest absolute Gasteiger partial charge is 0.133 e. The number of hydrogen-bond acceptors (Lipinski definition) is 4. The molecule has 19 heavy (non-hydrogen) atoms. The van der Waals surface area contributed by atoms with Crippen molar-refractivity contribution in [3.63, 3.8) is 0 Å². The quantitative estimate of drug-likeness (QED) is 0.865. The highest BCUT2D eigenvalue weighted by Crippen LogP contribution is 2.30. The fraction of sp³-hybridized carbons (Fsp3) is 0.571. The van der Waals surface area contributed by atoms with Crippen LogP contribution in [0.15, 0.2) is 22.7 Å². The molecule has 0 saturated carbocycles. The zero-order valence-corrected chi connectivity index (χ0v) is 12.8. The molecule has 2 rings (SSSR count). The van der Waals surface area contributed by atoms with Gasteiger partial charge >= 0.3 is 0 Å². The maximum absolute atomic E-state index is 9.69. The van der Waals surface area contributed by atoms with Crippen LogP contribution in [0, 0.1) is 0 Å². The third kappa shape index (κ3) is 3.69. The fourth-order valence-corrected chi connectivity index (χ4v) is 2.93. The molecule has 1 aliphatic rings. The van der Waals surface area contributed by atoms with Crippen molar-refractivity contribution < 1.29 is 9.84 Å². The highest BCUT2D eigenvalue weighted by atomic mass is 79.9.